The minimum absolute atomic E-state index is 0.0835. The predicted octanol–water partition coefficient (Wildman–Crippen LogP) is 5.99. The van der Waals surface area contributed by atoms with Crippen LogP contribution in [0.5, 0.6) is 0 Å². The summed E-state index contributed by atoms with van der Waals surface area (Å²) in [4.78, 5) is 31.8. The molecule has 2 aliphatic carbocycles. The van der Waals surface area contributed by atoms with E-state index in [1.54, 1.807) is 0 Å². The minimum atomic E-state index is -5.08. The van der Waals surface area contributed by atoms with Gasteiger partial charge in [-0.2, -0.15) is 13.2 Å². The minimum Gasteiger partial charge on any atom is -0.475 e. The topological polar surface area (TPSA) is 104 Å². The van der Waals surface area contributed by atoms with Crippen molar-refractivity contribution in [2.24, 2.45) is 5.92 Å². The molecule has 1 heterocycles. The van der Waals surface area contributed by atoms with Crippen LogP contribution >= 0.6 is 11.8 Å². The molecule has 1 amide bonds. The van der Waals surface area contributed by atoms with E-state index < -0.39 is 12.1 Å². The third-order valence-corrected chi connectivity index (χ3v) is 7.09. The van der Waals surface area contributed by atoms with Crippen molar-refractivity contribution in [3.63, 3.8) is 0 Å². The fourth-order valence-electron chi connectivity index (χ4n) is 4.02. The molecular formula is C28H29F3N4O3S. The number of nitrogens with one attached hydrogen (secondary N) is 2. The lowest BCUT2D eigenvalue weighted by Gasteiger charge is -2.09. The summed E-state index contributed by atoms with van der Waals surface area (Å²) in [5, 5.41) is 14.6. The molecule has 3 aromatic rings. The SMILES string of the molecule is Cc1cc(C)nc(Sc2cccc(NC(=O)c3cccc([C@@H]4C[C@H]4NCC4CC4)c3)c2)n1.O=C(O)C(F)(F)F. The average Bonchev–Trinajstić information content (AvgIpc) is 3.78. The molecule has 7 nitrogen and oxygen atoms in total. The number of carboxylic acids is 1. The van der Waals surface area contributed by atoms with Gasteiger partial charge in [0.05, 0.1) is 0 Å². The van der Waals surface area contributed by atoms with E-state index >= 15 is 0 Å². The lowest BCUT2D eigenvalue weighted by atomic mass is 10.1. The Kier molecular flexibility index (Phi) is 8.91. The molecule has 0 radical (unpaired) electrons. The number of hydrogen-bond donors (Lipinski definition) is 3. The third-order valence-electron chi connectivity index (χ3n) is 6.24. The zero-order valence-electron chi connectivity index (χ0n) is 21.5. The number of aliphatic carboxylic acids is 1. The van der Waals surface area contributed by atoms with Crippen LogP contribution in [-0.2, 0) is 4.79 Å². The van der Waals surface area contributed by atoms with Crippen LogP contribution in [-0.4, -0.2) is 45.7 Å². The number of carbonyl (C=O) groups is 2. The molecule has 0 aliphatic heterocycles. The largest absolute Gasteiger partial charge is 0.490 e. The van der Waals surface area contributed by atoms with Gasteiger partial charge in [0, 0.05) is 39.5 Å². The van der Waals surface area contributed by atoms with Gasteiger partial charge < -0.3 is 15.7 Å². The van der Waals surface area contributed by atoms with Crippen LogP contribution < -0.4 is 10.6 Å². The second-order valence-electron chi connectivity index (χ2n) is 9.75. The maximum atomic E-state index is 12.9. The van der Waals surface area contributed by atoms with Crippen LogP contribution in [0.2, 0.25) is 0 Å². The Morgan fingerprint density at radius 1 is 1.03 bits per heavy atom. The molecule has 0 saturated heterocycles. The highest BCUT2D eigenvalue weighted by atomic mass is 32.2. The van der Waals surface area contributed by atoms with Gasteiger partial charge >= 0.3 is 12.1 Å². The van der Waals surface area contributed by atoms with Crippen LogP contribution in [0, 0.1) is 19.8 Å². The van der Waals surface area contributed by atoms with Gasteiger partial charge in [0.15, 0.2) is 5.16 Å². The number of carbonyl (C=O) groups excluding carboxylic acids is 1. The van der Waals surface area contributed by atoms with Crippen molar-refractivity contribution in [3.8, 4) is 0 Å². The fourth-order valence-corrected chi connectivity index (χ4v) is 4.95. The van der Waals surface area contributed by atoms with Crippen LogP contribution in [0.15, 0.2) is 64.6 Å². The number of rotatable bonds is 8. The maximum Gasteiger partial charge on any atom is 0.490 e. The van der Waals surface area contributed by atoms with Crippen molar-refractivity contribution in [1.82, 2.24) is 15.3 Å². The Morgan fingerprint density at radius 2 is 1.69 bits per heavy atom. The molecular weight excluding hydrogens is 529 g/mol. The molecule has 1 aromatic heterocycles. The van der Waals surface area contributed by atoms with E-state index in [0.29, 0.717) is 22.7 Å². The van der Waals surface area contributed by atoms with Gasteiger partial charge in [-0.3, -0.25) is 4.79 Å². The standard InChI is InChI=1S/C26H28N4OS.C2HF3O2/c1-16-11-17(2)29-26(28-16)32-22-8-4-7-21(13-22)30-25(31)20-6-3-5-19(12-20)23-14-24(23)27-15-18-9-10-18;3-2(4,5)1(6)7/h3-8,11-13,18,23-24,27H,9-10,14-15H2,1-2H3,(H,30,31);(H,6,7)/t23-,24+;/m0./s1. The number of anilines is 1. The first kappa shape index (κ1) is 28.6. The van der Waals surface area contributed by atoms with Crippen molar-refractivity contribution in [2.45, 2.75) is 61.3 Å². The summed E-state index contributed by atoms with van der Waals surface area (Å²) in [6, 6.07) is 18.4. The number of carboxylic acid groups (broad SMARTS) is 1. The van der Waals surface area contributed by atoms with Gasteiger partial charge in [-0.25, -0.2) is 14.8 Å². The van der Waals surface area contributed by atoms with Crippen LogP contribution in [0.25, 0.3) is 0 Å². The molecule has 206 valence electrons. The molecule has 11 heteroatoms. The zero-order valence-corrected chi connectivity index (χ0v) is 22.3. The molecule has 3 N–H and O–H groups in total. The summed E-state index contributed by atoms with van der Waals surface area (Å²) in [6.45, 7) is 5.08. The van der Waals surface area contributed by atoms with Gasteiger partial charge in [0.1, 0.15) is 0 Å². The Balaban J connectivity index is 0.000000448. The Morgan fingerprint density at radius 3 is 2.33 bits per heavy atom. The number of amides is 1. The first-order chi connectivity index (χ1) is 18.5. The molecule has 0 bridgehead atoms. The van der Waals surface area contributed by atoms with Crippen molar-refractivity contribution >= 4 is 29.3 Å². The maximum absolute atomic E-state index is 12.9. The van der Waals surface area contributed by atoms with Crippen molar-refractivity contribution < 1.29 is 27.9 Å². The molecule has 2 saturated carbocycles. The van der Waals surface area contributed by atoms with Gasteiger partial charge in [-0.05, 0) is 99.3 Å². The second kappa shape index (κ2) is 12.2. The van der Waals surface area contributed by atoms with Gasteiger partial charge in [-0.1, -0.05) is 18.2 Å². The van der Waals surface area contributed by atoms with Gasteiger partial charge in [0.2, 0.25) is 0 Å². The predicted molar refractivity (Wildman–Crippen MR) is 142 cm³/mol. The number of alkyl halides is 3. The van der Waals surface area contributed by atoms with E-state index in [1.165, 1.54) is 30.2 Å². The van der Waals surface area contributed by atoms with E-state index in [4.69, 9.17) is 9.90 Å². The van der Waals surface area contributed by atoms with Crippen molar-refractivity contribution in [2.75, 3.05) is 11.9 Å². The van der Waals surface area contributed by atoms with Crippen LogP contribution in [0.1, 0.15) is 52.5 Å². The molecule has 5 rings (SSSR count). The zero-order chi connectivity index (χ0) is 28.2. The van der Waals surface area contributed by atoms with Crippen LogP contribution in [0.4, 0.5) is 18.9 Å². The number of hydrogen-bond acceptors (Lipinski definition) is 6. The molecule has 2 aromatic carbocycles. The number of aromatic nitrogens is 2. The highest BCUT2D eigenvalue weighted by Gasteiger charge is 2.39. The Bertz CT molecular complexity index is 1330. The highest BCUT2D eigenvalue weighted by molar-refractivity contribution is 7.99. The smallest absolute Gasteiger partial charge is 0.475 e. The lowest BCUT2D eigenvalue weighted by molar-refractivity contribution is -0.192. The van der Waals surface area contributed by atoms with E-state index in [0.717, 1.165) is 40.9 Å². The average molecular weight is 559 g/mol. The fraction of sp³-hybridized carbons (Fsp3) is 0.357. The second-order valence-corrected chi connectivity index (χ2v) is 10.8. The summed E-state index contributed by atoms with van der Waals surface area (Å²) in [5.74, 6) is -1.42. The molecule has 39 heavy (non-hydrogen) atoms. The van der Waals surface area contributed by atoms with E-state index in [1.807, 2.05) is 62.4 Å². The summed E-state index contributed by atoms with van der Waals surface area (Å²) < 4.78 is 31.7. The number of nitrogens with zero attached hydrogens (tertiary/aromatic N) is 2. The Labute approximate surface area is 228 Å². The summed E-state index contributed by atoms with van der Waals surface area (Å²) in [7, 11) is 0. The number of halogens is 3. The van der Waals surface area contributed by atoms with E-state index in [-0.39, 0.29) is 5.91 Å². The molecule has 0 spiro atoms. The molecule has 2 atom stereocenters. The summed E-state index contributed by atoms with van der Waals surface area (Å²) in [5.41, 5.74) is 4.62. The van der Waals surface area contributed by atoms with Crippen molar-refractivity contribution in [3.05, 3.63) is 77.1 Å². The Hall–Kier alpha value is -3.44. The summed E-state index contributed by atoms with van der Waals surface area (Å²) >= 11 is 1.50. The summed E-state index contributed by atoms with van der Waals surface area (Å²) in [6.07, 6.45) is -1.17. The van der Waals surface area contributed by atoms with E-state index in [2.05, 4.69) is 26.7 Å². The normalized spacial score (nSPS) is 18.1. The van der Waals surface area contributed by atoms with Crippen molar-refractivity contribution in [1.29, 1.82) is 0 Å². The number of benzene rings is 2. The van der Waals surface area contributed by atoms with Gasteiger partial charge in [-0.15, -0.1) is 0 Å². The molecule has 2 fully saturated rings. The first-order valence-corrected chi connectivity index (χ1v) is 13.3. The lowest BCUT2D eigenvalue weighted by Crippen LogP contribution is -2.21. The molecule has 2 aliphatic rings. The van der Waals surface area contributed by atoms with E-state index in [9.17, 15) is 18.0 Å². The van der Waals surface area contributed by atoms with Gasteiger partial charge in [0.25, 0.3) is 5.91 Å². The van der Waals surface area contributed by atoms with Crippen LogP contribution in [0.3, 0.4) is 0 Å². The quantitative estimate of drug-likeness (QED) is 0.292. The third kappa shape index (κ3) is 8.79. The monoisotopic (exact) mass is 558 g/mol. The molecule has 0 unspecified atom stereocenters. The first-order valence-electron chi connectivity index (χ1n) is 12.5. The highest BCUT2D eigenvalue weighted by Crippen LogP contribution is 2.42. The number of aryl methyl sites for hydroxylation is 2.